The first kappa shape index (κ1) is 17.6. The van der Waals surface area contributed by atoms with Gasteiger partial charge in [-0.1, -0.05) is 26.0 Å². The van der Waals surface area contributed by atoms with E-state index < -0.39 is 29.5 Å². The van der Waals surface area contributed by atoms with E-state index in [0.717, 1.165) is 0 Å². The van der Waals surface area contributed by atoms with E-state index >= 15 is 0 Å². The smallest absolute Gasteiger partial charge is 0.251 e. The van der Waals surface area contributed by atoms with Gasteiger partial charge in [-0.3, -0.25) is 9.59 Å². The van der Waals surface area contributed by atoms with Crippen molar-refractivity contribution in [2.75, 3.05) is 5.32 Å². The van der Waals surface area contributed by atoms with Gasteiger partial charge in [0.15, 0.2) is 0 Å². The fraction of sp³-hybridized carbons (Fsp3) is 0.222. The Labute approximate surface area is 138 Å². The number of carbonyl (C=O) groups excluding carboxylic acids is 2. The summed E-state index contributed by atoms with van der Waals surface area (Å²) in [7, 11) is 0. The van der Waals surface area contributed by atoms with Crippen LogP contribution in [0.1, 0.15) is 24.2 Å². The Kier molecular flexibility index (Phi) is 5.63. The van der Waals surface area contributed by atoms with Crippen LogP contribution in [0.2, 0.25) is 0 Å². The minimum atomic E-state index is -0.859. The van der Waals surface area contributed by atoms with Crippen molar-refractivity contribution in [3.63, 3.8) is 0 Å². The molecule has 2 aromatic rings. The molecule has 6 heteroatoms. The molecular weight excluding hydrogens is 314 g/mol. The summed E-state index contributed by atoms with van der Waals surface area (Å²) in [5.41, 5.74) is 0.282. The molecule has 0 saturated heterocycles. The van der Waals surface area contributed by atoms with Crippen LogP contribution in [-0.2, 0) is 4.79 Å². The Morgan fingerprint density at radius 1 is 0.958 bits per heavy atom. The van der Waals surface area contributed by atoms with Gasteiger partial charge in [0, 0.05) is 5.56 Å². The maximum Gasteiger partial charge on any atom is 0.251 e. The molecule has 0 aromatic heterocycles. The monoisotopic (exact) mass is 332 g/mol. The summed E-state index contributed by atoms with van der Waals surface area (Å²) < 4.78 is 26.6. The number of hydrogen-bond donors (Lipinski definition) is 2. The van der Waals surface area contributed by atoms with Crippen molar-refractivity contribution in [3.05, 3.63) is 65.7 Å². The predicted octanol–water partition coefficient (Wildman–Crippen LogP) is 3.36. The van der Waals surface area contributed by atoms with E-state index in [-0.39, 0.29) is 17.2 Å². The number of nitrogens with one attached hydrogen (secondary N) is 2. The lowest BCUT2D eigenvalue weighted by Gasteiger charge is -2.22. The third-order valence-electron chi connectivity index (χ3n) is 3.47. The second kappa shape index (κ2) is 7.68. The highest BCUT2D eigenvalue weighted by Gasteiger charge is 2.25. The van der Waals surface area contributed by atoms with Crippen molar-refractivity contribution < 1.29 is 18.4 Å². The Balaban J connectivity index is 2.11. The number of amides is 2. The lowest BCUT2D eigenvalue weighted by Crippen LogP contribution is -2.47. The number of benzene rings is 2. The normalized spacial score (nSPS) is 11.9. The second-order valence-electron chi connectivity index (χ2n) is 5.67. The van der Waals surface area contributed by atoms with Crippen LogP contribution in [0, 0.1) is 17.6 Å². The lowest BCUT2D eigenvalue weighted by atomic mass is 10.0. The summed E-state index contributed by atoms with van der Waals surface area (Å²) in [6, 6.07) is 9.91. The molecule has 4 nitrogen and oxygen atoms in total. The van der Waals surface area contributed by atoms with Crippen LogP contribution < -0.4 is 10.6 Å². The predicted molar refractivity (Wildman–Crippen MR) is 87.5 cm³/mol. The molecule has 2 amide bonds. The van der Waals surface area contributed by atoms with Crippen molar-refractivity contribution in [2.24, 2.45) is 5.92 Å². The molecule has 2 rings (SSSR count). The van der Waals surface area contributed by atoms with Gasteiger partial charge in [-0.15, -0.1) is 0 Å². The summed E-state index contributed by atoms with van der Waals surface area (Å²) in [6.07, 6.45) is 0. The minimum Gasteiger partial charge on any atom is -0.340 e. The van der Waals surface area contributed by atoms with Crippen LogP contribution in [-0.4, -0.2) is 17.9 Å². The van der Waals surface area contributed by atoms with E-state index in [1.807, 2.05) is 0 Å². The van der Waals surface area contributed by atoms with Crippen molar-refractivity contribution in [3.8, 4) is 0 Å². The van der Waals surface area contributed by atoms with Crippen molar-refractivity contribution in [2.45, 2.75) is 19.9 Å². The third kappa shape index (κ3) is 4.38. The van der Waals surface area contributed by atoms with Crippen molar-refractivity contribution in [1.29, 1.82) is 0 Å². The highest BCUT2D eigenvalue weighted by molar-refractivity contribution is 6.01. The Bertz CT molecular complexity index is 730. The SMILES string of the molecule is CC(C)C(NC(=O)c1ccc(F)cc1)C(=O)Nc1ccccc1F. The zero-order valence-electron chi connectivity index (χ0n) is 13.3. The van der Waals surface area contributed by atoms with Crippen LogP contribution in [0.25, 0.3) is 0 Å². The molecule has 0 bridgehead atoms. The average molecular weight is 332 g/mol. The molecule has 0 aliphatic heterocycles. The maximum absolute atomic E-state index is 13.6. The lowest BCUT2D eigenvalue weighted by molar-refractivity contribution is -0.118. The molecule has 0 fully saturated rings. The average Bonchev–Trinajstić information content (AvgIpc) is 2.54. The van der Waals surface area contributed by atoms with Gasteiger partial charge in [-0.25, -0.2) is 8.78 Å². The summed E-state index contributed by atoms with van der Waals surface area (Å²) in [4.78, 5) is 24.6. The van der Waals surface area contributed by atoms with Gasteiger partial charge in [-0.2, -0.15) is 0 Å². The first-order chi connectivity index (χ1) is 11.4. The fourth-order valence-corrected chi connectivity index (χ4v) is 2.13. The molecule has 0 saturated carbocycles. The molecular formula is C18H18F2N2O2. The largest absolute Gasteiger partial charge is 0.340 e. The molecule has 0 aliphatic carbocycles. The Morgan fingerprint density at radius 3 is 2.17 bits per heavy atom. The molecule has 0 spiro atoms. The molecule has 126 valence electrons. The third-order valence-corrected chi connectivity index (χ3v) is 3.47. The van der Waals surface area contributed by atoms with E-state index in [4.69, 9.17) is 0 Å². The number of rotatable bonds is 5. The van der Waals surface area contributed by atoms with E-state index in [9.17, 15) is 18.4 Å². The van der Waals surface area contributed by atoms with Gasteiger partial charge in [0.1, 0.15) is 17.7 Å². The first-order valence-corrected chi connectivity index (χ1v) is 7.50. The Morgan fingerprint density at radius 2 is 1.58 bits per heavy atom. The fourth-order valence-electron chi connectivity index (χ4n) is 2.13. The highest BCUT2D eigenvalue weighted by atomic mass is 19.1. The standard InChI is InChI=1S/C18H18F2N2O2/c1-11(2)16(18(24)21-15-6-4-3-5-14(15)20)22-17(23)12-7-9-13(19)10-8-12/h3-11,16H,1-2H3,(H,21,24)(H,22,23). The van der Waals surface area contributed by atoms with Crippen LogP contribution in [0.3, 0.4) is 0 Å². The highest BCUT2D eigenvalue weighted by Crippen LogP contribution is 2.14. The number of anilines is 1. The minimum absolute atomic E-state index is 0.0455. The van der Waals surface area contributed by atoms with Crippen LogP contribution in [0.4, 0.5) is 14.5 Å². The van der Waals surface area contributed by atoms with E-state index in [2.05, 4.69) is 10.6 Å². The number of halogens is 2. The number of hydrogen-bond acceptors (Lipinski definition) is 2. The molecule has 2 aromatic carbocycles. The maximum atomic E-state index is 13.6. The van der Waals surface area contributed by atoms with Gasteiger partial charge in [0.2, 0.25) is 5.91 Å². The zero-order chi connectivity index (χ0) is 17.7. The van der Waals surface area contributed by atoms with Crippen LogP contribution in [0.5, 0.6) is 0 Å². The summed E-state index contributed by atoms with van der Waals surface area (Å²) >= 11 is 0. The van der Waals surface area contributed by atoms with Gasteiger partial charge in [0.05, 0.1) is 5.69 Å². The first-order valence-electron chi connectivity index (χ1n) is 7.50. The summed E-state index contributed by atoms with van der Waals surface area (Å²) in [5.74, 6) is -2.26. The van der Waals surface area contributed by atoms with Gasteiger partial charge in [0.25, 0.3) is 5.91 Å². The molecule has 1 atom stereocenters. The topological polar surface area (TPSA) is 58.2 Å². The van der Waals surface area contributed by atoms with E-state index in [1.165, 1.54) is 42.5 Å². The van der Waals surface area contributed by atoms with Crippen LogP contribution in [0.15, 0.2) is 48.5 Å². The van der Waals surface area contributed by atoms with Crippen molar-refractivity contribution >= 4 is 17.5 Å². The molecule has 24 heavy (non-hydrogen) atoms. The van der Waals surface area contributed by atoms with E-state index in [0.29, 0.717) is 0 Å². The summed E-state index contributed by atoms with van der Waals surface area (Å²) in [5, 5.41) is 5.06. The molecule has 0 radical (unpaired) electrons. The summed E-state index contributed by atoms with van der Waals surface area (Å²) in [6.45, 7) is 3.52. The Hall–Kier alpha value is -2.76. The van der Waals surface area contributed by atoms with Gasteiger partial charge < -0.3 is 10.6 Å². The zero-order valence-corrected chi connectivity index (χ0v) is 13.3. The van der Waals surface area contributed by atoms with Gasteiger partial charge >= 0.3 is 0 Å². The van der Waals surface area contributed by atoms with Gasteiger partial charge in [-0.05, 0) is 42.3 Å². The van der Waals surface area contributed by atoms with Crippen LogP contribution >= 0.6 is 0 Å². The van der Waals surface area contributed by atoms with Crippen molar-refractivity contribution in [1.82, 2.24) is 5.32 Å². The molecule has 0 heterocycles. The van der Waals surface area contributed by atoms with E-state index in [1.54, 1.807) is 19.9 Å². The molecule has 2 N–H and O–H groups in total. The quantitative estimate of drug-likeness (QED) is 0.882. The molecule has 1 unspecified atom stereocenters. The number of carbonyl (C=O) groups is 2. The second-order valence-corrected chi connectivity index (χ2v) is 5.67. The molecule has 0 aliphatic rings. The number of para-hydroxylation sites is 1.